The van der Waals surface area contributed by atoms with Crippen LogP contribution in [0.15, 0.2) is 18.2 Å². The van der Waals surface area contributed by atoms with Crippen molar-refractivity contribution in [2.24, 2.45) is 5.92 Å². The molecule has 1 N–H and O–H groups in total. The maximum absolute atomic E-state index is 13.0. The third-order valence-corrected chi connectivity index (χ3v) is 1.75. The smallest absolute Gasteiger partial charge is 0.200 e. The Morgan fingerprint density at radius 3 is 2.79 bits per heavy atom. The summed E-state index contributed by atoms with van der Waals surface area (Å²) < 4.78 is 30.7. The minimum absolute atomic E-state index is 0.0447. The molecule has 0 radical (unpaired) electrons. The lowest BCUT2D eigenvalue weighted by molar-refractivity contribution is 0.170. The fraction of sp³-hybridized carbons (Fsp3) is 0.400. The minimum Gasteiger partial charge on any atom is -0.490 e. The van der Waals surface area contributed by atoms with Crippen LogP contribution in [0.2, 0.25) is 0 Å². The molecule has 1 aromatic carbocycles. The molecule has 4 heteroatoms. The van der Waals surface area contributed by atoms with E-state index >= 15 is 0 Å². The van der Waals surface area contributed by atoms with E-state index in [9.17, 15) is 8.78 Å². The standard InChI is InChI=1S/C10H12F2O2/c1-7(5-13)6-14-9-4-2-3-8(11)10(9)12/h2-4,7,13H,5-6H2,1H3. The second kappa shape index (κ2) is 4.91. The third-order valence-electron chi connectivity index (χ3n) is 1.75. The fourth-order valence-electron chi connectivity index (χ4n) is 0.880. The van der Waals surface area contributed by atoms with Crippen LogP contribution in [0.5, 0.6) is 5.75 Å². The van der Waals surface area contributed by atoms with Crippen LogP contribution in [0.1, 0.15) is 6.92 Å². The normalized spacial score (nSPS) is 12.6. The summed E-state index contributed by atoms with van der Waals surface area (Å²) in [4.78, 5) is 0. The Kier molecular flexibility index (Phi) is 3.83. The first kappa shape index (κ1) is 10.9. The van der Waals surface area contributed by atoms with Crippen LogP contribution in [0.3, 0.4) is 0 Å². The number of hydrogen-bond donors (Lipinski definition) is 1. The molecule has 1 unspecified atom stereocenters. The lowest BCUT2D eigenvalue weighted by atomic mass is 10.2. The molecule has 0 fully saturated rings. The zero-order valence-electron chi connectivity index (χ0n) is 7.84. The van der Waals surface area contributed by atoms with Gasteiger partial charge in [-0.3, -0.25) is 0 Å². The molecule has 0 amide bonds. The van der Waals surface area contributed by atoms with E-state index in [1.54, 1.807) is 6.92 Å². The summed E-state index contributed by atoms with van der Waals surface area (Å²) in [5.74, 6) is -2.14. The second-order valence-corrected chi connectivity index (χ2v) is 3.15. The molecule has 0 aliphatic carbocycles. The van der Waals surface area contributed by atoms with Crippen LogP contribution in [0.25, 0.3) is 0 Å². The number of rotatable bonds is 4. The fourth-order valence-corrected chi connectivity index (χ4v) is 0.880. The Labute approximate surface area is 81.1 Å². The van der Waals surface area contributed by atoms with Gasteiger partial charge in [-0.1, -0.05) is 13.0 Å². The summed E-state index contributed by atoms with van der Waals surface area (Å²) >= 11 is 0. The van der Waals surface area contributed by atoms with Gasteiger partial charge in [0.2, 0.25) is 5.82 Å². The van der Waals surface area contributed by atoms with Gasteiger partial charge in [0, 0.05) is 12.5 Å². The van der Waals surface area contributed by atoms with E-state index < -0.39 is 11.6 Å². The first-order chi connectivity index (χ1) is 6.65. The lowest BCUT2D eigenvalue weighted by Crippen LogP contribution is -2.12. The summed E-state index contributed by atoms with van der Waals surface area (Å²) in [7, 11) is 0. The van der Waals surface area contributed by atoms with Gasteiger partial charge in [-0.25, -0.2) is 4.39 Å². The highest BCUT2D eigenvalue weighted by molar-refractivity contribution is 5.24. The van der Waals surface area contributed by atoms with E-state index in [0.717, 1.165) is 6.07 Å². The van der Waals surface area contributed by atoms with Gasteiger partial charge in [0.1, 0.15) is 0 Å². The number of halogens is 2. The van der Waals surface area contributed by atoms with Gasteiger partial charge < -0.3 is 9.84 Å². The Morgan fingerprint density at radius 1 is 1.43 bits per heavy atom. The molecule has 0 heterocycles. The highest BCUT2D eigenvalue weighted by Gasteiger charge is 2.09. The molecule has 1 atom stereocenters. The van der Waals surface area contributed by atoms with Crippen molar-refractivity contribution in [2.75, 3.05) is 13.2 Å². The van der Waals surface area contributed by atoms with E-state index in [4.69, 9.17) is 9.84 Å². The van der Waals surface area contributed by atoms with Crippen molar-refractivity contribution < 1.29 is 18.6 Å². The van der Waals surface area contributed by atoms with Crippen LogP contribution in [0.4, 0.5) is 8.78 Å². The van der Waals surface area contributed by atoms with Crippen LogP contribution in [-0.2, 0) is 0 Å². The van der Waals surface area contributed by atoms with Crippen molar-refractivity contribution in [3.05, 3.63) is 29.8 Å². The van der Waals surface area contributed by atoms with Gasteiger partial charge in [0.05, 0.1) is 6.61 Å². The van der Waals surface area contributed by atoms with Crippen molar-refractivity contribution in [1.82, 2.24) is 0 Å². The molecular formula is C10H12F2O2. The summed E-state index contributed by atoms with van der Waals surface area (Å²) in [6.45, 7) is 1.87. The van der Waals surface area contributed by atoms with Crippen molar-refractivity contribution in [1.29, 1.82) is 0 Å². The molecule has 0 saturated heterocycles. The third kappa shape index (κ3) is 2.67. The number of ether oxygens (including phenoxy) is 1. The molecule has 0 spiro atoms. The predicted octanol–water partition coefficient (Wildman–Crippen LogP) is 1.97. The largest absolute Gasteiger partial charge is 0.490 e. The lowest BCUT2D eigenvalue weighted by Gasteiger charge is -2.10. The molecule has 1 aromatic rings. The quantitative estimate of drug-likeness (QED) is 0.808. The average Bonchev–Trinajstić information content (AvgIpc) is 2.20. The molecule has 78 valence electrons. The molecule has 14 heavy (non-hydrogen) atoms. The molecule has 0 aromatic heterocycles. The monoisotopic (exact) mass is 202 g/mol. The van der Waals surface area contributed by atoms with Crippen molar-refractivity contribution >= 4 is 0 Å². The van der Waals surface area contributed by atoms with Crippen molar-refractivity contribution in [3.8, 4) is 5.75 Å². The van der Waals surface area contributed by atoms with Gasteiger partial charge in [-0.05, 0) is 12.1 Å². The molecule has 0 aliphatic heterocycles. The minimum atomic E-state index is -0.988. The SMILES string of the molecule is CC(CO)COc1cccc(F)c1F. The second-order valence-electron chi connectivity index (χ2n) is 3.15. The van der Waals surface area contributed by atoms with E-state index in [1.165, 1.54) is 12.1 Å². The Balaban J connectivity index is 2.63. The van der Waals surface area contributed by atoms with E-state index in [1.807, 2.05) is 0 Å². The summed E-state index contributed by atoms with van der Waals surface area (Å²) in [5, 5.41) is 8.69. The van der Waals surface area contributed by atoms with Gasteiger partial charge in [0.25, 0.3) is 0 Å². The van der Waals surface area contributed by atoms with E-state index in [0.29, 0.717) is 0 Å². The summed E-state index contributed by atoms with van der Waals surface area (Å²) in [5.41, 5.74) is 0. The summed E-state index contributed by atoms with van der Waals surface area (Å²) in [6.07, 6.45) is 0. The topological polar surface area (TPSA) is 29.5 Å². The number of aliphatic hydroxyl groups is 1. The molecule has 1 rings (SSSR count). The van der Waals surface area contributed by atoms with Crippen LogP contribution in [0, 0.1) is 17.6 Å². The van der Waals surface area contributed by atoms with E-state index in [-0.39, 0.29) is 24.9 Å². The highest BCUT2D eigenvalue weighted by Crippen LogP contribution is 2.19. The van der Waals surface area contributed by atoms with E-state index in [2.05, 4.69) is 0 Å². The molecule has 0 saturated carbocycles. The maximum Gasteiger partial charge on any atom is 0.200 e. The first-order valence-electron chi connectivity index (χ1n) is 4.32. The zero-order chi connectivity index (χ0) is 10.6. The van der Waals surface area contributed by atoms with Gasteiger partial charge in [-0.2, -0.15) is 4.39 Å². The number of benzene rings is 1. The van der Waals surface area contributed by atoms with Crippen molar-refractivity contribution in [2.45, 2.75) is 6.92 Å². The highest BCUT2D eigenvalue weighted by atomic mass is 19.2. The zero-order valence-corrected chi connectivity index (χ0v) is 7.84. The molecule has 0 bridgehead atoms. The first-order valence-corrected chi connectivity index (χ1v) is 4.32. The average molecular weight is 202 g/mol. The Bertz CT molecular complexity index is 302. The Hall–Kier alpha value is -1.16. The van der Waals surface area contributed by atoms with Gasteiger partial charge >= 0.3 is 0 Å². The summed E-state index contributed by atoms with van der Waals surface area (Å²) in [6, 6.07) is 3.75. The van der Waals surface area contributed by atoms with Crippen LogP contribution in [-0.4, -0.2) is 18.3 Å². The Morgan fingerprint density at radius 2 is 2.14 bits per heavy atom. The number of hydrogen-bond acceptors (Lipinski definition) is 2. The van der Waals surface area contributed by atoms with Gasteiger partial charge in [0.15, 0.2) is 11.6 Å². The molecular weight excluding hydrogens is 190 g/mol. The van der Waals surface area contributed by atoms with Crippen molar-refractivity contribution in [3.63, 3.8) is 0 Å². The maximum atomic E-state index is 13.0. The number of aliphatic hydroxyl groups excluding tert-OH is 1. The van der Waals surface area contributed by atoms with Crippen LogP contribution < -0.4 is 4.74 Å². The van der Waals surface area contributed by atoms with Gasteiger partial charge in [-0.15, -0.1) is 0 Å². The molecule has 2 nitrogen and oxygen atoms in total. The predicted molar refractivity (Wildman–Crippen MR) is 48.1 cm³/mol. The molecule has 0 aliphatic rings. The van der Waals surface area contributed by atoms with Crippen LogP contribution >= 0.6 is 0 Å².